The molecule has 7 nitrogen and oxygen atoms in total. The first-order valence-electron chi connectivity index (χ1n) is 10.7. The molecule has 0 unspecified atom stereocenters. The van der Waals surface area contributed by atoms with Crippen LogP contribution in [0.25, 0.3) is 0 Å². The van der Waals surface area contributed by atoms with Crippen molar-refractivity contribution in [2.75, 3.05) is 31.0 Å². The number of nitrogens with one attached hydrogen (secondary N) is 2. The summed E-state index contributed by atoms with van der Waals surface area (Å²) in [7, 11) is 1.62. The summed E-state index contributed by atoms with van der Waals surface area (Å²) in [6.07, 6.45) is 0. The Labute approximate surface area is 193 Å². The van der Waals surface area contributed by atoms with Crippen molar-refractivity contribution in [3.63, 3.8) is 0 Å². The van der Waals surface area contributed by atoms with Crippen LogP contribution in [0.15, 0.2) is 66.7 Å². The highest BCUT2D eigenvalue weighted by Crippen LogP contribution is 2.37. The minimum Gasteiger partial charge on any atom is -0.492 e. The first kappa shape index (κ1) is 23.8. The number of carbonyl (C=O) groups excluding carboxylic acids is 2. The second kappa shape index (κ2) is 11.7. The van der Waals surface area contributed by atoms with E-state index in [1.54, 1.807) is 55.6 Å². The summed E-state index contributed by atoms with van der Waals surface area (Å²) in [5.74, 6) is 0.292. The topological polar surface area (TPSA) is 85.9 Å². The van der Waals surface area contributed by atoms with E-state index in [0.717, 1.165) is 5.56 Å². The zero-order valence-electron chi connectivity index (χ0n) is 19.0. The number of rotatable bonds is 10. The molecule has 0 saturated heterocycles. The zero-order valence-corrected chi connectivity index (χ0v) is 19.0. The molecule has 33 heavy (non-hydrogen) atoms. The molecule has 3 aromatic rings. The monoisotopic (exact) mass is 448 g/mol. The average molecular weight is 449 g/mol. The number of anilines is 2. The summed E-state index contributed by atoms with van der Waals surface area (Å²) in [4.78, 5) is 25.5. The Kier molecular flexibility index (Phi) is 8.43. The summed E-state index contributed by atoms with van der Waals surface area (Å²) in [6, 6.07) is 19.4. The molecule has 2 amide bonds. The molecule has 7 heteroatoms. The summed E-state index contributed by atoms with van der Waals surface area (Å²) in [5, 5.41) is 5.76. The number of carbonyl (C=O) groups is 2. The maximum Gasteiger partial charge on any atom is 0.255 e. The first-order valence-corrected chi connectivity index (χ1v) is 10.7. The SMILES string of the molecule is CCOc1cc(NC(=O)c2ccc(COC)cc2)c(OCC)cc1NC(=O)c1ccccc1. The quantitative estimate of drug-likeness (QED) is 0.449. The second-order valence-corrected chi connectivity index (χ2v) is 7.11. The van der Waals surface area contributed by atoms with Crippen molar-refractivity contribution in [1.82, 2.24) is 0 Å². The number of hydrogen-bond donors (Lipinski definition) is 2. The Morgan fingerprint density at radius 3 is 1.67 bits per heavy atom. The van der Waals surface area contributed by atoms with Gasteiger partial charge in [0.1, 0.15) is 11.5 Å². The van der Waals surface area contributed by atoms with Crippen LogP contribution in [-0.4, -0.2) is 32.1 Å². The van der Waals surface area contributed by atoms with Crippen molar-refractivity contribution >= 4 is 23.2 Å². The Morgan fingerprint density at radius 2 is 1.21 bits per heavy atom. The molecule has 0 spiro atoms. The molecule has 2 N–H and O–H groups in total. The molecule has 0 atom stereocenters. The molecule has 0 aliphatic rings. The fourth-order valence-corrected chi connectivity index (χ4v) is 3.20. The van der Waals surface area contributed by atoms with Crippen LogP contribution in [0.5, 0.6) is 11.5 Å². The van der Waals surface area contributed by atoms with Crippen LogP contribution < -0.4 is 20.1 Å². The van der Waals surface area contributed by atoms with Gasteiger partial charge >= 0.3 is 0 Å². The smallest absolute Gasteiger partial charge is 0.255 e. The summed E-state index contributed by atoms with van der Waals surface area (Å²) in [5.41, 5.74) is 2.89. The molecule has 0 aromatic heterocycles. The predicted octanol–water partition coefficient (Wildman–Crippen LogP) is 5.14. The standard InChI is InChI=1S/C26H28N2O5/c1-4-32-23-16-22(28-26(30)20-13-11-18(12-14-20)17-31-3)24(33-5-2)15-21(23)27-25(29)19-9-7-6-8-10-19/h6-16H,4-5,17H2,1-3H3,(H,27,29)(H,28,30). The Balaban J connectivity index is 1.88. The number of ether oxygens (including phenoxy) is 3. The van der Waals surface area contributed by atoms with E-state index in [9.17, 15) is 9.59 Å². The zero-order chi connectivity index (χ0) is 23.6. The highest BCUT2D eigenvalue weighted by molar-refractivity contribution is 6.07. The first-order chi connectivity index (χ1) is 16.0. The average Bonchev–Trinajstić information content (AvgIpc) is 2.83. The predicted molar refractivity (Wildman–Crippen MR) is 128 cm³/mol. The number of hydrogen-bond acceptors (Lipinski definition) is 5. The lowest BCUT2D eigenvalue weighted by Gasteiger charge is -2.18. The molecular weight excluding hydrogens is 420 g/mol. The Bertz CT molecular complexity index is 1080. The van der Waals surface area contributed by atoms with Gasteiger partial charge in [0.05, 0.1) is 31.2 Å². The lowest BCUT2D eigenvalue weighted by atomic mass is 10.1. The van der Waals surface area contributed by atoms with Gasteiger partial charge in [0.25, 0.3) is 11.8 Å². The maximum absolute atomic E-state index is 12.8. The molecule has 0 aliphatic carbocycles. The fraction of sp³-hybridized carbons (Fsp3) is 0.231. The summed E-state index contributed by atoms with van der Waals surface area (Å²) in [6.45, 7) is 4.94. The third-order valence-electron chi connectivity index (χ3n) is 4.74. The molecule has 0 heterocycles. The van der Waals surface area contributed by atoms with E-state index in [1.165, 1.54) is 0 Å². The van der Waals surface area contributed by atoms with Crippen LogP contribution in [0, 0.1) is 0 Å². The highest BCUT2D eigenvalue weighted by atomic mass is 16.5. The minimum absolute atomic E-state index is 0.271. The number of benzene rings is 3. The lowest BCUT2D eigenvalue weighted by molar-refractivity contribution is 0.101. The number of methoxy groups -OCH3 is 1. The molecule has 172 valence electrons. The molecule has 0 radical (unpaired) electrons. The van der Waals surface area contributed by atoms with Crippen molar-refractivity contribution in [2.24, 2.45) is 0 Å². The van der Waals surface area contributed by atoms with E-state index in [4.69, 9.17) is 14.2 Å². The van der Waals surface area contributed by atoms with E-state index in [-0.39, 0.29) is 11.8 Å². The third-order valence-corrected chi connectivity index (χ3v) is 4.74. The molecule has 3 rings (SSSR count). The Hall–Kier alpha value is -3.84. The van der Waals surface area contributed by atoms with Crippen LogP contribution >= 0.6 is 0 Å². The number of amides is 2. The van der Waals surface area contributed by atoms with Gasteiger partial charge in [-0.1, -0.05) is 30.3 Å². The summed E-state index contributed by atoms with van der Waals surface area (Å²) < 4.78 is 16.6. The van der Waals surface area contributed by atoms with E-state index in [0.29, 0.717) is 53.8 Å². The van der Waals surface area contributed by atoms with Gasteiger partial charge in [-0.2, -0.15) is 0 Å². The molecule has 0 saturated carbocycles. The van der Waals surface area contributed by atoms with E-state index < -0.39 is 0 Å². The van der Waals surface area contributed by atoms with Crippen molar-refractivity contribution in [1.29, 1.82) is 0 Å². The van der Waals surface area contributed by atoms with Crippen LogP contribution in [0.1, 0.15) is 40.1 Å². The third kappa shape index (κ3) is 6.33. The van der Waals surface area contributed by atoms with Gasteiger partial charge in [0.2, 0.25) is 0 Å². The van der Waals surface area contributed by atoms with Crippen molar-refractivity contribution in [2.45, 2.75) is 20.5 Å². The molecular formula is C26H28N2O5. The van der Waals surface area contributed by atoms with Crippen LogP contribution in [0.3, 0.4) is 0 Å². The summed E-state index contributed by atoms with van der Waals surface area (Å²) >= 11 is 0. The van der Waals surface area contributed by atoms with Crippen molar-refractivity contribution in [3.8, 4) is 11.5 Å². The molecule has 0 aliphatic heterocycles. The van der Waals surface area contributed by atoms with Gasteiger partial charge in [-0.15, -0.1) is 0 Å². The van der Waals surface area contributed by atoms with Gasteiger partial charge in [0.15, 0.2) is 0 Å². The minimum atomic E-state index is -0.288. The van der Waals surface area contributed by atoms with Crippen LogP contribution in [0.4, 0.5) is 11.4 Å². The van der Waals surface area contributed by atoms with Crippen molar-refractivity contribution in [3.05, 3.63) is 83.4 Å². The normalized spacial score (nSPS) is 10.4. The highest BCUT2D eigenvalue weighted by Gasteiger charge is 2.17. The van der Waals surface area contributed by atoms with E-state index in [1.807, 2.05) is 32.0 Å². The fourth-order valence-electron chi connectivity index (χ4n) is 3.20. The molecule has 0 fully saturated rings. The van der Waals surface area contributed by atoms with E-state index in [2.05, 4.69) is 10.6 Å². The van der Waals surface area contributed by atoms with Crippen LogP contribution in [0.2, 0.25) is 0 Å². The van der Waals surface area contributed by atoms with Gasteiger partial charge in [-0.05, 0) is 43.7 Å². The maximum atomic E-state index is 12.8. The van der Waals surface area contributed by atoms with Gasteiger partial charge in [0, 0.05) is 30.4 Å². The largest absolute Gasteiger partial charge is 0.492 e. The molecule has 3 aromatic carbocycles. The van der Waals surface area contributed by atoms with Crippen molar-refractivity contribution < 1.29 is 23.8 Å². The van der Waals surface area contributed by atoms with Gasteiger partial charge in [-0.25, -0.2) is 0 Å². The Morgan fingerprint density at radius 1 is 0.727 bits per heavy atom. The van der Waals surface area contributed by atoms with Crippen LogP contribution in [-0.2, 0) is 11.3 Å². The van der Waals surface area contributed by atoms with Gasteiger partial charge < -0.3 is 24.8 Å². The second-order valence-electron chi connectivity index (χ2n) is 7.11. The van der Waals surface area contributed by atoms with E-state index >= 15 is 0 Å². The molecule has 0 bridgehead atoms. The van der Waals surface area contributed by atoms with Gasteiger partial charge in [-0.3, -0.25) is 9.59 Å². The lowest BCUT2D eigenvalue weighted by Crippen LogP contribution is -2.15.